The van der Waals surface area contributed by atoms with E-state index in [0.717, 1.165) is 12.1 Å². The maximum absolute atomic E-state index is 13.5. The minimum absolute atomic E-state index is 0.0397. The van der Waals surface area contributed by atoms with Crippen LogP contribution >= 0.6 is 0 Å². The van der Waals surface area contributed by atoms with Crippen molar-refractivity contribution in [2.45, 2.75) is 55.9 Å². The molecular formula is C20H19F3N2O4. The molecule has 6 nitrogen and oxygen atoms in total. The molecule has 1 amide bonds. The Morgan fingerprint density at radius 2 is 2.17 bits per heavy atom. The first kappa shape index (κ1) is 18.9. The third-order valence-corrected chi connectivity index (χ3v) is 7.13. The topological polar surface area (TPSA) is 82.8 Å². The molecule has 4 fully saturated rings. The van der Waals surface area contributed by atoms with Crippen LogP contribution in [0.1, 0.15) is 37.3 Å². The van der Waals surface area contributed by atoms with Crippen LogP contribution in [0.3, 0.4) is 0 Å². The van der Waals surface area contributed by atoms with Gasteiger partial charge in [-0.3, -0.25) is 9.69 Å². The van der Waals surface area contributed by atoms with Crippen molar-refractivity contribution in [1.82, 2.24) is 0 Å². The first-order valence-corrected chi connectivity index (χ1v) is 9.63. The Balaban J connectivity index is 1.63. The number of carbonyl (C=O) groups excluding carboxylic acids is 1. The highest BCUT2D eigenvalue weighted by Crippen LogP contribution is 2.66. The summed E-state index contributed by atoms with van der Waals surface area (Å²) < 4.78 is 52.5. The van der Waals surface area contributed by atoms with Crippen LogP contribution in [0.5, 0.6) is 0 Å². The molecule has 1 aromatic carbocycles. The molecule has 0 unspecified atom stereocenters. The first-order chi connectivity index (χ1) is 13.7. The van der Waals surface area contributed by atoms with Gasteiger partial charge in [-0.1, -0.05) is 6.92 Å². The lowest BCUT2D eigenvalue weighted by atomic mass is 9.64. The van der Waals surface area contributed by atoms with Gasteiger partial charge in [-0.15, -0.1) is 0 Å². The molecule has 4 aliphatic heterocycles. The number of fused-ring (bicyclic) bond motifs is 2. The normalized spacial score (nSPS) is 40.3. The molecule has 4 aliphatic rings. The molecule has 1 spiro atoms. The number of anilines is 1. The zero-order valence-corrected chi connectivity index (χ0v) is 15.6. The molecule has 1 aromatic rings. The number of aliphatic hydroxyl groups is 1. The third kappa shape index (κ3) is 2.19. The maximum Gasteiger partial charge on any atom is 0.417 e. The smallest absolute Gasteiger partial charge is 0.390 e. The molecule has 0 saturated carbocycles. The first-order valence-electron chi connectivity index (χ1n) is 9.63. The average molecular weight is 408 g/mol. The summed E-state index contributed by atoms with van der Waals surface area (Å²) in [5.74, 6) is -1.43. The Kier molecular flexibility index (Phi) is 3.72. The van der Waals surface area contributed by atoms with Crippen molar-refractivity contribution < 1.29 is 32.5 Å². The Bertz CT molecular complexity index is 945. The van der Waals surface area contributed by atoms with Gasteiger partial charge in [0.25, 0.3) is 0 Å². The summed E-state index contributed by atoms with van der Waals surface area (Å²) in [6.45, 7) is 2.13. The van der Waals surface area contributed by atoms with E-state index in [4.69, 9.17) is 14.7 Å². The number of nitriles is 1. The molecule has 0 aliphatic carbocycles. The molecule has 6 atom stereocenters. The molecule has 2 bridgehead atoms. The molecule has 4 saturated heterocycles. The zero-order valence-electron chi connectivity index (χ0n) is 15.6. The SMILES string of the molecule is CC[C@@]12O[C@]3(CCO[C@@H]4[C@H]3[C@H]1C(=O)N4c1ccc(C#N)c(C(F)(F)F)c1)C[C@@H]2O. The Morgan fingerprint density at radius 3 is 2.83 bits per heavy atom. The number of hydrogen-bond acceptors (Lipinski definition) is 5. The Morgan fingerprint density at radius 1 is 1.41 bits per heavy atom. The van der Waals surface area contributed by atoms with Gasteiger partial charge in [0.15, 0.2) is 0 Å². The lowest BCUT2D eigenvalue weighted by Gasteiger charge is -2.42. The highest BCUT2D eigenvalue weighted by molar-refractivity contribution is 6.00. The number of nitrogens with zero attached hydrogens (tertiary/aromatic N) is 2. The van der Waals surface area contributed by atoms with E-state index >= 15 is 0 Å². The molecule has 0 aromatic heterocycles. The summed E-state index contributed by atoms with van der Waals surface area (Å²) in [4.78, 5) is 14.7. The van der Waals surface area contributed by atoms with Crippen LogP contribution in [0.2, 0.25) is 0 Å². The van der Waals surface area contributed by atoms with Gasteiger partial charge >= 0.3 is 6.18 Å². The van der Waals surface area contributed by atoms with E-state index in [0.29, 0.717) is 19.3 Å². The van der Waals surface area contributed by atoms with E-state index in [-0.39, 0.29) is 18.2 Å². The molecule has 154 valence electrons. The Hall–Kier alpha value is -2.15. The summed E-state index contributed by atoms with van der Waals surface area (Å²) in [6, 6.07) is 4.80. The quantitative estimate of drug-likeness (QED) is 0.814. The number of carbonyl (C=O) groups is 1. The molecule has 4 heterocycles. The van der Waals surface area contributed by atoms with Gasteiger partial charge in [-0.2, -0.15) is 18.4 Å². The van der Waals surface area contributed by atoms with Crippen LogP contribution in [-0.4, -0.2) is 41.2 Å². The summed E-state index contributed by atoms with van der Waals surface area (Å²) in [6.07, 6.45) is -4.93. The molecule has 9 heteroatoms. The Labute approximate surface area is 164 Å². The van der Waals surface area contributed by atoms with E-state index in [1.165, 1.54) is 11.0 Å². The molecule has 29 heavy (non-hydrogen) atoms. The van der Waals surface area contributed by atoms with Gasteiger partial charge in [-0.25, -0.2) is 0 Å². The van der Waals surface area contributed by atoms with Crippen molar-refractivity contribution in [2.24, 2.45) is 11.8 Å². The second-order valence-corrected chi connectivity index (χ2v) is 8.26. The van der Waals surface area contributed by atoms with E-state index in [9.17, 15) is 23.1 Å². The fourth-order valence-corrected chi connectivity index (χ4v) is 5.96. The highest BCUT2D eigenvalue weighted by atomic mass is 19.4. The van der Waals surface area contributed by atoms with Gasteiger partial charge in [0.1, 0.15) is 11.8 Å². The van der Waals surface area contributed by atoms with Crippen molar-refractivity contribution in [3.05, 3.63) is 29.3 Å². The molecular weight excluding hydrogens is 389 g/mol. The van der Waals surface area contributed by atoms with Gasteiger partial charge in [-0.05, 0) is 24.6 Å². The molecule has 0 radical (unpaired) electrons. The van der Waals surface area contributed by atoms with Crippen molar-refractivity contribution in [1.29, 1.82) is 5.26 Å². The largest absolute Gasteiger partial charge is 0.417 e. The summed E-state index contributed by atoms with van der Waals surface area (Å²) in [5, 5.41) is 19.7. The summed E-state index contributed by atoms with van der Waals surface area (Å²) in [5.41, 5.74) is -3.29. The molecule has 5 rings (SSSR count). The van der Waals surface area contributed by atoms with E-state index < -0.39 is 52.7 Å². The number of hydrogen-bond donors (Lipinski definition) is 1. The number of rotatable bonds is 2. The number of aliphatic hydroxyl groups excluding tert-OH is 1. The van der Waals surface area contributed by atoms with Crippen LogP contribution in [-0.2, 0) is 20.4 Å². The predicted octanol–water partition coefficient (Wildman–Crippen LogP) is 2.58. The number of halogens is 3. The van der Waals surface area contributed by atoms with Crippen LogP contribution < -0.4 is 4.90 Å². The van der Waals surface area contributed by atoms with Crippen LogP contribution in [0, 0.1) is 23.2 Å². The minimum Gasteiger partial charge on any atom is -0.390 e. The number of alkyl halides is 3. The van der Waals surface area contributed by atoms with Gasteiger partial charge in [0.05, 0.1) is 41.4 Å². The maximum atomic E-state index is 13.5. The number of ether oxygens (including phenoxy) is 2. The van der Waals surface area contributed by atoms with Crippen molar-refractivity contribution in [3.63, 3.8) is 0 Å². The third-order valence-electron chi connectivity index (χ3n) is 7.13. The lowest BCUT2D eigenvalue weighted by Crippen LogP contribution is -2.53. The fraction of sp³-hybridized carbons (Fsp3) is 0.600. The van der Waals surface area contributed by atoms with Crippen LogP contribution in [0.15, 0.2) is 18.2 Å². The van der Waals surface area contributed by atoms with Gasteiger partial charge in [0, 0.05) is 24.4 Å². The highest BCUT2D eigenvalue weighted by Gasteiger charge is 2.78. The average Bonchev–Trinajstić information content (AvgIpc) is 3.26. The van der Waals surface area contributed by atoms with Crippen molar-refractivity contribution in [3.8, 4) is 6.07 Å². The predicted molar refractivity (Wildman–Crippen MR) is 92.4 cm³/mol. The monoisotopic (exact) mass is 408 g/mol. The molecule has 1 N–H and O–H groups in total. The van der Waals surface area contributed by atoms with Crippen molar-refractivity contribution in [2.75, 3.05) is 11.5 Å². The van der Waals surface area contributed by atoms with E-state index in [1.54, 1.807) is 6.07 Å². The van der Waals surface area contributed by atoms with Crippen molar-refractivity contribution >= 4 is 11.6 Å². The summed E-state index contributed by atoms with van der Waals surface area (Å²) >= 11 is 0. The van der Waals surface area contributed by atoms with E-state index in [2.05, 4.69) is 0 Å². The second kappa shape index (κ2) is 5.72. The van der Waals surface area contributed by atoms with Crippen LogP contribution in [0.4, 0.5) is 18.9 Å². The minimum atomic E-state index is -4.72. The number of benzene rings is 1. The number of amides is 1. The van der Waals surface area contributed by atoms with Gasteiger partial charge < -0.3 is 14.6 Å². The lowest BCUT2D eigenvalue weighted by molar-refractivity contribution is -0.146. The fourth-order valence-electron chi connectivity index (χ4n) is 5.96. The standard InChI is InChI=1S/C20H19F3N2O4/c1-2-19-13(26)8-18(29-19)5-6-28-17-15(18)14(19)16(27)25(17)11-4-3-10(9-24)12(7-11)20(21,22)23/h3-4,7,13-15,17,26H,2,5-6,8H2,1H3/t13-,14-,15+,17+,18+,19-/m0/s1. The zero-order chi connectivity index (χ0) is 20.8. The van der Waals surface area contributed by atoms with Gasteiger partial charge in [0.2, 0.25) is 5.91 Å². The van der Waals surface area contributed by atoms with E-state index in [1.807, 2.05) is 6.92 Å². The summed E-state index contributed by atoms with van der Waals surface area (Å²) in [7, 11) is 0. The van der Waals surface area contributed by atoms with Crippen LogP contribution in [0.25, 0.3) is 0 Å². The second-order valence-electron chi connectivity index (χ2n) is 8.26.